The van der Waals surface area contributed by atoms with Gasteiger partial charge in [0.15, 0.2) is 0 Å². The Bertz CT molecular complexity index is 1270. The molecule has 0 unspecified atom stereocenters. The zero-order valence-electron chi connectivity index (χ0n) is 20.0. The molecule has 4 atom stereocenters. The van der Waals surface area contributed by atoms with Crippen molar-refractivity contribution < 1.29 is 19.1 Å². The Morgan fingerprint density at radius 3 is 2.56 bits per heavy atom. The molecule has 0 radical (unpaired) electrons. The second kappa shape index (κ2) is 8.96. The van der Waals surface area contributed by atoms with E-state index < -0.39 is 17.9 Å². The van der Waals surface area contributed by atoms with E-state index in [1.165, 1.54) is 12.0 Å². The number of fused-ring (bicyclic) bond motifs is 5. The van der Waals surface area contributed by atoms with Gasteiger partial charge in [-0.05, 0) is 48.2 Å². The molecule has 2 saturated heterocycles. The third-order valence-corrected chi connectivity index (χ3v) is 8.36. The molecular formula is C28H28ClN3O4. The fourth-order valence-electron chi connectivity index (χ4n) is 6.56. The molecule has 1 N–H and O–H groups in total. The van der Waals surface area contributed by atoms with Gasteiger partial charge >= 0.3 is 0 Å². The molecule has 0 aromatic heterocycles. The number of rotatable bonds is 4. The highest BCUT2D eigenvalue weighted by Crippen LogP contribution is 2.53. The Morgan fingerprint density at radius 1 is 1.03 bits per heavy atom. The third kappa shape index (κ3) is 3.52. The van der Waals surface area contributed by atoms with Crippen molar-refractivity contribution in [3.63, 3.8) is 0 Å². The van der Waals surface area contributed by atoms with E-state index >= 15 is 0 Å². The molecule has 186 valence electrons. The number of hydrogen-bond donors (Lipinski definition) is 1. The minimum atomic E-state index is -0.835. The van der Waals surface area contributed by atoms with Gasteiger partial charge in [-0.2, -0.15) is 0 Å². The van der Waals surface area contributed by atoms with E-state index in [2.05, 4.69) is 5.32 Å². The van der Waals surface area contributed by atoms with Crippen LogP contribution < -0.4 is 10.1 Å². The van der Waals surface area contributed by atoms with Crippen molar-refractivity contribution in [1.82, 2.24) is 9.80 Å². The second-order valence-electron chi connectivity index (χ2n) is 10.0. The number of carbonyl (C=O) groups excluding carboxylic acids is 3. The number of ether oxygens (including phenoxy) is 1. The number of anilines is 1. The van der Waals surface area contributed by atoms with Crippen molar-refractivity contribution in [3.8, 4) is 5.75 Å². The van der Waals surface area contributed by atoms with Crippen molar-refractivity contribution in [3.05, 3.63) is 64.8 Å². The summed E-state index contributed by atoms with van der Waals surface area (Å²) in [4.78, 5) is 45.1. The lowest BCUT2D eigenvalue weighted by molar-refractivity contribution is -0.146. The first-order valence-corrected chi connectivity index (χ1v) is 12.9. The molecule has 3 heterocycles. The van der Waals surface area contributed by atoms with E-state index in [1.54, 1.807) is 18.2 Å². The van der Waals surface area contributed by atoms with Crippen LogP contribution in [-0.4, -0.2) is 46.7 Å². The highest BCUT2D eigenvalue weighted by molar-refractivity contribution is 6.31. The van der Waals surface area contributed by atoms with Crippen LogP contribution in [0.4, 0.5) is 5.69 Å². The molecule has 0 spiro atoms. The van der Waals surface area contributed by atoms with E-state index in [0.717, 1.165) is 43.2 Å². The molecule has 36 heavy (non-hydrogen) atoms. The quantitative estimate of drug-likeness (QED) is 0.613. The Labute approximate surface area is 215 Å². The van der Waals surface area contributed by atoms with Crippen molar-refractivity contribution in [2.75, 3.05) is 12.4 Å². The summed E-state index contributed by atoms with van der Waals surface area (Å²) in [7, 11) is 1.52. The van der Waals surface area contributed by atoms with Crippen molar-refractivity contribution >= 4 is 41.1 Å². The fraction of sp³-hybridized carbons (Fsp3) is 0.393. The SMILES string of the molecule is COc1ccc(Cl)cc1NC(=O)[C@@H]1[C@H]2C(=O)N(C3CCCCC3)C(=O)[C@@H]2[C@H]2c3ccccc3C=CN12. The van der Waals surface area contributed by atoms with Crippen LogP contribution in [0, 0.1) is 11.8 Å². The smallest absolute Gasteiger partial charge is 0.248 e. The summed E-state index contributed by atoms with van der Waals surface area (Å²) in [5, 5.41) is 3.39. The monoisotopic (exact) mass is 505 g/mol. The summed E-state index contributed by atoms with van der Waals surface area (Å²) >= 11 is 6.19. The number of likely N-dealkylation sites (tertiary alicyclic amines) is 1. The molecule has 3 fully saturated rings. The molecule has 1 aliphatic carbocycles. The van der Waals surface area contributed by atoms with Crippen LogP contribution in [0.25, 0.3) is 6.08 Å². The van der Waals surface area contributed by atoms with Crippen LogP contribution in [0.1, 0.15) is 49.3 Å². The molecule has 6 rings (SSSR count). The van der Waals surface area contributed by atoms with Crippen LogP contribution in [0.3, 0.4) is 0 Å². The summed E-state index contributed by atoms with van der Waals surface area (Å²) in [6, 6.07) is 11.6. The average molecular weight is 506 g/mol. The lowest BCUT2D eigenvalue weighted by atomic mass is 9.84. The first-order valence-electron chi connectivity index (χ1n) is 12.6. The zero-order valence-corrected chi connectivity index (χ0v) is 20.8. The number of nitrogens with one attached hydrogen (secondary N) is 1. The summed E-state index contributed by atoms with van der Waals surface area (Å²) in [6.45, 7) is 0. The van der Waals surface area contributed by atoms with Gasteiger partial charge in [0.25, 0.3) is 0 Å². The Balaban J connectivity index is 1.41. The molecule has 0 bridgehead atoms. The van der Waals surface area contributed by atoms with E-state index in [4.69, 9.17) is 16.3 Å². The number of hydrogen-bond acceptors (Lipinski definition) is 5. The molecule has 2 aromatic carbocycles. The lowest BCUT2D eigenvalue weighted by Gasteiger charge is -2.37. The van der Waals surface area contributed by atoms with Crippen molar-refractivity contribution in [2.45, 2.75) is 50.2 Å². The van der Waals surface area contributed by atoms with Gasteiger partial charge in [-0.25, -0.2) is 0 Å². The van der Waals surface area contributed by atoms with Gasteiger partial charge in [0.2, 0.25) is 17.7 Å². The number of amides is 3. The van der Waals surface area contributed by atoms with E-state index in [9.17, 15) is 14.4 Å². The normalized spacial score (nSPS) is 27.1. The molecule has 7 nitrogen and oxygen atoms in total. The number of imide groups is 1. The maximum Gasteiger partial charge on any atom is 0.248 e. The minimum absolute atomic E-state index is 0.0797. The number of carbonyl (C=O) groups is 3. The number of methoxy groups -OCH3 is 1. The highest BCUT2D eigenvalue weighted by Gasteiger charge is 2.65. The summed E-state index contributed by atoms with van der Waals surface area (Å²) in [5.74, 6) is -1.63. The van der Waals surface area contributed by atoms with E-state index in [1.807, 2.05) is 41.4 Å². The maximum absolute atomic E-state index is 13.9. The Morgan fingerprint density at radius 2 is 1.78 bits per heavy atom. The molecule has 3 amide bonds. The Kier molecular flexibility index (Phi) is 5.75. The first kappa shape index (κ1) is 23.1. The molecule has 8 heteroatoms. The first-order chi connectivity index (χ1) is 17.5. The predicted octanol–water partition coefficient (Wildman–Crippen LogP) is 4.63. The van der Waals surface area contributed by atoms with Gasteiger partial charge in [-0.1, -0.05) is 55.1 Å². The van der Waals surface area contributed by atoms with Gasteiger partial charge in [-0.3, -0.25) is 19.3 Å². The fourth-order valence-corrected chi connectivity index (χ4v) is 6.74. The molecule has 1 saturated carbocycles. The second-order valence-corrected chi connectivity index (χ2v) is 10.4. The van der Waals surface area contributed by atoms with Crippen LogP contribution in [0.5, 0.6) is 5.75 Å². The van der Waals surface area contributed by atoms with Crippen LogP contribution in [-0.2, 0) is 14.4 Å². The van der Waals surface area contributed by atoms with Gasteiger partial charge in [-0.15, -0.1) is 0 Å². The largest absolute Gasteiger partial charge is 0.495 e. The summed E-state index contributed by atoms with van der Waals surface area (Å²) < 4.78 is 5.41. The maximum atomic E-state index is 13.9. The van der Waals surface area contributed by atoms with Gasteiger partial charge < -0.3 is 15.0 Å². The van der Waals surface area contributed by atoms with E-state index in [0.29, 0.717) is 16.5 Å². The number of benzene rings is 2. The number of nitrogens with zero attached hydrogens (tertiary/aromatic N) is 2. The standard InChI is InChI=1S/C28H28ClN3O4/c1-36-21-12-11-17(29)15-20(21)30-26(33)25-23-22(24-19-10-6-5-7-16(19)13-14-31(24)25)27(34)32(28(23)35)18-8-3-2-4-9-18/h5-7,10-15,18,22-25H,2-4,8-9H2,1H3,(H,30,33)/t22-,23-,24+,25-/m0/s1. The van der Waals surface area contributed by atoms with Crippen LogP contribution in [0.15, 0.2) is 48.7 Å². The van der Waals surface area contributed by atoms with Gasteiger partial charge in [0.1, 0.15) is 11.8 Å². The van der Waals surface area contributed by atoms with E-state index in [-0.39, 0.29) is 29.8 Å². The third-order valence-electron chi connectivity index (χ3n) is 8.12. The average Bonchev–Trinajstić information content (AvgIpc) is 3.37. The highest BCUT2D eigenvalue weighted by atomic mass is 35.5. The van der Waals surface area contributed by atoms with Gasteiger partial charge in [0, 0.05) is 17.3 Å². The zero-order chi connectivity index (χ0) is 25.0. The lowest BCUT2D eigenvalue weighted by Crippen LogP contribution is -2.49. The summed E-state index contributed by atoms with van der Waals surface area (Å²) in [6.07, 6.45) is 8.61. The molecule has 2 aromatic rings. The Hall–Kier alpha value is -3.32. The van der Waals surface area contributed by atoms with Crippen LogP contribution in [0.2, 0.25) is 5.02 Å². The van der Waals surface area contributed by atoms with Gasteiger partial charge in [0.05, 0.1) is 30.7 Å². The predicted molar refractivity (Wildman–Crippen MR) is 136 cm³/mol. The van der Waals surface area contributed by atoms with Crippen LogP contribution >= 0.6 is 11.6 Å². The summed E-state index contributed by atoms with van der Waals surface area (Å²) in [5.41, 5.74) is 2.40. The molecular weight excluding hydrogens is 478 g/mol. The molecule has 3 aliphatic heterocycles. The topological polar surface area (TPSA) is 79.0 Å². The number of halogens is 1. The van der Waals surface area contributed by atoms with Crippen molar-refractivity contribution in [2.24, 2.45) is 11.8 Å². The molecule has 4 aliphatic rings. The van der Waals surface area contributed by atoms with Crippen molar-refractivity contribution in [1.29, 1.82) is 0 Å². The minimum Gasteiger partial charge on any atom is -0.495 e.